The zero-order valence-electron chi connectivity index (χ0n) is 7.83. The molecular formula is C7H14NNaO4S. The molecule has 0 aliphatic rings. The molecule has 0 rings (SSSR count). The van der Waals surface area contributed by atoms with Crippen LogP contribution in [0.2, 0.25) is 0 Å². The second-order valence-electron chi connectivity index (χ2n) is 3.32. The molecule has 7 heteroatoms. The molecule has 0 radical (unpaired) electrons. The first-order valence-electron chi connectivity index (χ1n) is 3.56. The normalized spacial score (nSPS) is 11.4. The quantitative estimate of drug-likeness (QED) is 0.411. The van der Waals surface area contributed by atoms with Crippen molar-refractivity contribution >= 4 is 45.6 Å². The molecule has 0 aromatic rings. The molecule has 0 atom stereocenters. The van der Waals surface area contributed by atoms with E-state index in [0.717, 1.165) is 6.08 Å². The van der Waals surface area contributed by atoms with Gasteiger partial charge in [0, 0.05) is 0 Å². The third kappa shape index (κ3) is 5.11. The molecule has 0 unspecified atom stereocenters. The van der Waals surface area contributed by atoms with Crippen LogP contribution in [0.3, 0.4) is 0 Å². The van der Waals surface area contributed by atoms with Gasteiger partial charge in [0.25, 0.3) is 16.0 Å². The average Bonchev–Trinajstić information content (AvgIpc) is 1.98. The van der Waals surface area contributed by atoms with Crippen molar-refractivity contribution in [3.05, 3.63) is 12.7 Å². The first-order chi connectivity index (χ1) is 5.70. The summed E-state index contributed by atoms with van der Waals surface area (Å²) in [5, 5.41) is 0. The SMILES string of the molecule is C=CC(=O)NOS(=O)(=O)C(C)(C)C.[NaH]. The van der Waals surface area contributed by atoms with E-state index in [1.54, 1.807) is 5.48 Å². The van der Waals surface area contributed by atoms with Crippen LogP contribution < -0.4 is 5.48 Å². The first kappa shape index (κ1) is 16.5. The Morgan fingerprint density at radius 3 is 2.14 bits per heavy atom. The van der Waals surface area contributed by atoms with Crippen LogP contribution >= 0.6 is 0 Å². The van der Waals surface area contributed by atoms with E-state index in [1.807, 2.05) is 0 Å². The third-order valence-corrected chi connectivity index (χ3v) is 2.99. The number of carbonyl (C=O) groups excluding carboxylic acids is 1. The molecule has 0 saturated carbocycles. The molecule has 0 aromatic heterocycles. The molecular weight excluding hydrogens is 217 g/mol. The Bertz CT molecular complexity index is 304. The maximum absolute atomic E-state index is 11.2. The van der Waals surface area contributed by atoms with Gasteiger partial charge >= 0.3 is 29.6 Å². The molecule has 0 saturated heterocycles. The van der Waals surface area contributed by atoms with Gasteiger partial charge in [-0.3, -0.25) is 4.79 Å². The second kappa shape index (κ2) is 5.87. The first-order valence-corrected chi connectivity index (χ1v) is 4.97. The van der Waals surface area contributed by atoms with Crippen molar-refractivity contribution in [3.8, 4) is 0 Å². The summed E-state index contributed by atoms with van der Waals surface area (Å²) in [5.74, 6) is -0.701. The van der Waals surface area contributed by atoms with E-state index in [-0.39, 0.29) is 29.6 Å². The molecule has 0 aromatic carbocycles. The fraction of sp³-hybridized carbons (Fsp3) is 0.571. The Labute approximate surface area is 106 Å². The van der Waals surface area contributed by atoms with Crippen molar-refractivity contribution in [1.29, 1.82) is 0 Å². The minimum absolute atomic E-state index is 0. The molecule has 1 amide bonds. The van der Waals surface area contributed by atoms with Gasteiger partial charge in [0.1, 0.15) is 0 Å². The van der Waals surface area contributed by atoms with Crippen LogP contribution in [0.1, 0.15) is 20.8 Å². The van der Waals surface area contributed by atoms with E-state index in [2.05, 4.69) is 10.9 Å². The van der Waals surface area contributed by atoms with Crippen molar-refractivity contribution in [2.45, 2.75) is 25.5 Å². The number of rotatable bonds is 3. The number of hydrogen-bond donors (Lipinski definition) is 1. The predicted molar refractivity (Wildman–Crippen MR) is 55.2 cm³/mol. The number of amides is 1. The minimum atomic E-state index is -3.78. The van der Waals surface area contributed by atoms with Gasteiger partial charge < -0.3 is 0 Å². The molecule has 5 nitrogen and oxygen atoms in total. The van der Waals surface area contributed by atoms with Crippen molar-refractivity contribution < 1.29 is 17.5 Å². The van der Waals surface area contributed by atoms with Gasteiger partial charge in [-0.25, -0.2) is 5.48 Å². The Morgan fingerprint density at radius 2 is 1.86 bits per heavy atom. The summed E-state index contributed by atoms with van der Waals surface area (Å²) in [6.07, 6.45) is 0.915. The number of nitrogens with one attached hydrogen (secondary N) is 1. The second-order valence-corrected chi connectivity index (χ2v) is 5.62. The van der Waals surface area contributed by atoms with Gasteiger partial charge in [-0.2, -0.15) is 8.42 Å². The molecule has 0 aliphatic carbocycles. The summed E-state index contributed by atoms with van der Waals surface area (Å²) in [5.41, 5.74) is 1.73. The Balaban J connectivity index is 0. The van der Waals surface area contributed by atoms with E-state index >= 15 is 0 Å². The van der Waals surface area contributed by atoms with Crippen LogP contribution in [0, 0.1) is 0 Å². The zero-order valence-corrected chi connectivity index (χ0v) is 8.64. The van der Waals surface area contributed by atoms with Crippen LogP contribution in [-0.2, 0) is 19.2 Å². The standard InChI is InChI=1S/C7H13NO4S.Na.H/c1-5-6(9)8-12-13(10,11)7(2,3)4;;/h5H,1H2,2-4H3,(H,8,9);;. The van der Waals surface area contributed by atoms with Crippen LogP contribution in [-0.4, -0.2) is 48.6 Å². The molecule has 0 spiro atoms. The van der Waals surface area contributed by atoms with Gasteiger partial charge in [-0.1, -0.05) is 6.58 Å². The molecule has 0 aliphatic heterocycles. The van der Waals surface area contributed by atoms with Crippen LogP contribution in [0.5, 0.6) is 0 Å². The van der Waals surface area contributed by atoms with Crippen molar-refractivity contribution in [2.75, 3.05) is 0 Å². The fourth-order valence-corrected chi connectivity index (χ4v) is 0.704. The van der Waals surface area contributed by atoms with E-state index in [0.29, 0.717) is 0 Å². The summed E-state index contributed by atoms with van der Waals surface area (Å²) in [6, 6.07) is 0. The van der Waals surface area contributed by atoms with Gasteiger partial charge in [0.2, 0.25) is 0 Å². The van der Waals surface area contributed by atoms with Crippen molar-refractivity contribution in [2.24, 2.45) is 0 Å². The Morgan fingerprint density at radius 1 is 1.43 bits per heavy atom. The van der Waals surface area contributed by atoms with Gasteiger partial charge in [-0.15, -0.1) is 4.28 Å². The maximum atomic E-state index is 11.2. The predicted octanol–water partition coefficient (Wildman–Crippen LogP) is -0.300. The monoisotopic (exact) mass is 231 g/mol. The molecule has 0 bridgehead atoms. The molecule has 1 N–H and O–H groups in total. The molecule has 0 fully saturated rings. The van der Waals surface area contributed by atoms with Gasteiger partial charge in [0.05, 0.1) is 4.75 Å². The van der Waals surface area contributed by atoms with Gasteiger partial charge in [-0.05, 0) is 26.8 Å². The van der Waals surface area contributed by atoms with E-state index in [1.165, 1.54) is 20.8 Å². The summed E-state index contributed by atoms with van der Waals surface area (Å²) >= 11 is 0. The summed E-state index contributed by atoms with van der Waals surface area (Å²) < 4.78 is 25.6. The van der Waals surface area contributed by atoms with E-state index in [4.69, 9.17) is 0 Å². The van der Waals surface area contributed by atoms with E-state index < -0.39 is 20.8 Å². The van der Waals surface area contributed by atoms with E-state index in [9.17, 15) is 13.2 Å². The number of hydrogen-bond acceptors (Lipinski definition) is 4. The van der Waals surface area contributed by atoms with Gasteiger partial charge in [0.15, 0.2) is 0 Å². The van der Waals surface area contributed by atoms with Crippen molar-refractivity contribution in [3.63, 3.8) is 0 Å². The molecule has 78 valence electrons. The van der Waals surface area contributed by atoms with Crippen LogP contribution in [0.4, 0.5) is 0 Å². The summed E-state index contributed by atoms with van der Waals surface area (Å²) in [7, 11) is -3.78. The van der Waals surface area contributed by atoms with Crippen LogP contribution in [0.15, 0.2) is 12.7 Å². The average molecular weight is 231 g/mol. The van der Waals surface area contributed by atoms with Crippen LogP contribution in [0.25, 0.3) is 0 Å². The third-order valence-electron chi connectivity index (χ3n) is 1.19. The zero-order chi connectivity index (χ0) is 10.7. The number of hydroxylamine groups is 1. The number of carbonyl (C=O) groups is 1. The topological polar surface area (TPSA) is 72.5 Å². The fourth-order valence-electron chi connectivity index (χ4n) is 0.263. The Hall–Kier alpha value is 0.120. The summed E-state index contributed by atoms with van der Waals surface area (Å²) in [4.78, 5) is 10.6. The van der Waals surface area contributed by atoms with Crippen molar-refractivity contribution in [1.82, 2.24) is 5.48 Å². The Kier molecular flexibility index (Phi) is 6.94. The molecule has 14 heavy (non-hydrogen) atoms. The molecule has 0 heterocycles. The summed E-state index contributed by atoms with van der Waals surface area (Å²) in [6.45, 7) is 7.52.